The number of rotatable bonds is 6. The van der Waals surface area contributed by atoms with Gasteiger partial charge in [0.05, 0.1) is 11.0 Å². The number of hydrogen-bond acceptors (Lipinski definition) is 5. The second-order valence-corrected chi connectivity index (χ2v) is 6.27. The summed E-state index contributed by atoms with van der Waals surface area (Å²) in [5.41, 5.74) is 0. The van der Waals surface area contributed by atoms with Crippen LogP contribution in [-0.4, -0.2) is 29.7 Å². The first kappa shape index (κ1) is 16.1. The van der Waals surface area contributed by atoms with Crippen molar-refractivity contribution in [3.63, 3.8) is 0 Å². The standard InChI is InChI=1S/C12H14F2N4O3S/c1-7(2)21-8-3-5-9(6-4-8)22(19,20)18-12-15-11(10(13)14)16-17-12/h3-7,10H,1-2H3,(H2,15,16,17,18). The topological polar surface area (TPSA) is 97.0 Å². The van der Waals surface area contributed by atoms with Crippen LogP contribution in [0.2, 0.25) is 0 Å². The van der Waals surface area contributed by atoms with Gasteiger partial charge in [-0.2, -0.15) is 4.98 Å². The summed E-state index contributed by atoms with van der Waals surface area (Å²) in [6.45, 7) is 3.69. The fourth-order valence-corrected chi connectivity index (χ4v) is 2.51. The Balaban J connectivity index is 2.15. The van der Waals surface area contributed by atoms with Crippen LogP contribution in [0.3, 0.4) is 0 Å². The molecule has 0 saturated heterocycles. The van der Waals surface area contributed by atoms with Gasteiger partial charge in [0.2, 0.25) is 0 Å². The Morgan fingerprint density at radius 2 is 1.86 bits per heavy atom. The zero-order chi connectivity index (χ0) is 16.3. The number of halogens is 2. The first-order valence-electron chi connectivity index (χ1n) is 6.28. The number of H-pyrrole nitrogens is 1. The molecule has 2 rings (SSSR count). The van der Waals surface area contributed by atoms with Gasteiger partial charge in [-0.05, 0) is 38.1 Å². The normalized spacial score (nSPS) is 11.9. The van der Waals surface area contributed by atoms with Crippen molar-refractivity contribution in [2.75, 3.05) is 4.72 Å². The van der Waals surface area contributed by atoms with Gasteiger partial charge in [-0.1, -0.05) is 0 Å². The van der Waals surface area contributed by atoms with Crippen LogP contribution in [-0.2, 0) is 10.0 Å². The van der Waals surface area contributed by atoms with Gasteiger partial charge in [-0.15, -0.1) is 5.10 Å². The minimum atomic E-state index is -3.97. The molecule has 0 atom stereocenters. The fraction of sp³-hybridized carbons (Fsp3) is 0.333. The monoisotopic (exact) mass is 332 g/mol. The zero-order valence-corrected chi connectivity index (χ0v) is 12.6. The van der Waals surface area contributed by atoms with Gasteiger partial charge in [-0.25, -0.2) is 21.9 Å². The molecular weight excluding hydrogens is 318 g/mol. The van der Waals surface area contributed by atoms with E-state index in [0.717, 1.165) is 0 Å². The molecule has 0 aliphatic rings. The Hall–Kier alpha value is -2.23. The van der Waals surface area contributed by atoms with Crippen LogP contribution in [0.5, 0.6) is 5.75 Å². The molecule has 1 aromatic carbocycles. The number of hydrogen-bond donors (Lipinski definition) is 2. The molecule has 0 aliphatic carbocycles. The maximum Gasteiger partial charge on any atom is 0.296 e. The van der Waals surface area contributed by atoms with E-state index in [9.17, 15) is 17.2 Å². The Kier molecular flexibility index (Phi) is 4.59. The van der Waals surface area contributed by atoms with Crippen LogP contribution in [0.1, 0.15) is 26.1 Å². The quantitative estimate of drug-likeness (QED) is 0.846. The molecule has 0 radical (unpaired) electrons. The van der Waals surface area contributed by atoms with E-state index in [2.05, 4.69) is 10.1 Å². The number of nitrogens with one attached hydrogen (secondary N) is 2. The van der Waals surface area contributed by atoms with Gasteiger partial charge < -0.3 is 4.74 Å². The highest BCUT2D eigenvalue weighted by atomic mass is 32.2. The number of anilines is 1. The number of aromatic amines is 1. The summed E-state index contributed by atoms with van der Waals surface area (Å²) >= 11 is 0. The molecule has 0 spiro atoms. The number of ether oxygens (including phenoxy) is 1. The van der Waals surface area contributed by atoms with Crippen LogP contribution in [0.25, 0.3) is 0 Å². The Bertz CT molecular complexity index is 729. The Labute approximate surface area is 125 Å². The highest BCUT2D eigenvalue weighted by Gasteiger charge is 2.19. The van der Waals surface area contributed by atoms with Gasteiger partial charge >= 0.3 is 0 Å². The molecule has 7 nitrogen and oxygen atoms in total. The van der Waals surface area contributed by atoms with Crippen molar-refractivity contribution < 1.29 is 21.9 Å². The summed E-state index contributed by atoms with van der Waals surface area (Å²) in [6, 6.07) is 5.66. The van der Waals surface area contributed by atoms with Crippen LogP contribution in [0.15, 0.2) is 29.2 Å². The molecule has 10 heteroatoms. The lowest BCUT2D eigenvalue weighted by Gasteiger charge is -2.10. The third-order valence-corrected chi connectivity index (χ3v) is 3.78. The maximum absolute atomic E-state index is 12.4. The Morgan fingerprint density at radius 1 is 1.23 bits per heavy atom. The summed E-state index contributed by atoms with van der Waals surface area (Å²) in [5.74, 6) is -0.636. The summed E-state index contributed by atoms with van der Waals surface area (Å²) in [6.07, 6.45) is -2.90. The number of aromatic nitrogens is 3. The highest BCUT2D eigenvalue weighted by Crippen LogP contribution is 2.20. The van der Waals surface area contributed by atoms with Crippen molar-refractivity contribution in [3.05, 3.63) is 30.1 Å². The highest BCUT2D eigenvalue weighted by molar-refractivity contribution is 7.92. The molecule has 0 bridgehead atoms. The lowest BCUT2D eigenvalue weighted by Crippen LogP contribution is -2.14. The third kappa shape index (κ3) is 3.91. The van der Waals surface area contributed by atoms with Gasteiger partial charge in [0.1, 0.15) is 5.75 Å². The van der Waals surface area contributed by atoms with E-state index in [1.165, 1.54) is 24.3 Å². The van der Waals surface area contributed by atoms with Gasteiger partial charge in [0.25, 0.3) is 22.4 Å². The molecule has 0 saturated carbocycles. The van der Waals surface area contributed by atoms with Crippen molar-refractivity contribution in [1.29, 1.82) is 0 Å². The number of sulfonamides is 1. The molecule has 22 heavy (non-hydrogen) atoms. The molecule has 0 unspecified atom stereocenters. The average Bonchev–Trinajstić information content (AvgIpc) is 2.86. The van der Waals surface area contributed by atoms with Crippen molar-refractivity contribution >= 4 is 16.0 Å². The second-order valence-electron chi connectivity index (χ2n) is 4.59. The summed E-state index contributed by atoms with van der Waals surface area (Å²) in [5, 5.41) is 5.33. The van der Waals surface area contributed by atoms with E-state index in [1.54, 1.807) is 0 Å². The summed E-state index contributed by atoms with van der Waals surface area (Å²) in [4.78, 5) is 3.28. The zero-order valence-electron chi connectivity index (χ0n) is 11.7. The van der Waals surface area contributed by atoms with Crippen molar-refractivity contribution in [1.82, 2.24) is 15.2 Å². The van der Waals surface area contributed by atoms with Crippen molar-refractivity contribution in [2.24, 2.45) is 0 Å². The lowest BCUT2D eigenvalue weighted by atomic mass is 10.3. The van der Waals surface area contributed by atoms with Crippen molar-refractivity contribution in [3.8, 4) is 5.75 Å². The molecule has 1 heterocycles. The summed E-state index contributed by atoms with van der Waals surface area (Å²) in [7, 11) is -3.97. The molecule has 0 aliphatic heterocycles. The van der Waals surface area contributed by atoms with Crippen LogP contribution < -0.4 is 9.46 Å². The summed E-state index contributed by atoms with van der Waals surface area (Å²) < 4.78 is 56.3. The first-order chi connectivity index (χ1) is 10.3. The first-order valence-corrected chi connectivity index (χ1v) is 7.76. The van der Waals surface area contributed by atoms with Crippen molar-refractivity contribution in [2.45, 2.75) is 31.3 Å². The Morgan fingerprint density at radius 3 is 2.36 bits per heavy atom. The van der Waals surface area contributed by atoms with E-state index >= 15 is 0 Å². The van der Waals surface area contributed by atoms with Crippen LogP contribution in [0.4, 0.5) is 14.7 Å². The fourth-order valence-electron chi connectivity index (χ4n) is 1.57. The largest absolute Gasteiger partial charge is 0.491 e. The van der Waals surface area contributed by atoms with Gasteiger partial charge in [-0.3, -0.25) is 5.10 Å². The number of benzene rings is 1. The van der Waals surface area contributed by atoms with E-state index in [0.29, 0.717) is 5.75 Å². The van der Waals surface area contributed by atoms with E-state index < -0.39 is 28.2 Å². The SMILES string of the molecule is CC(C)Oc1ccc(S(=O)(=O)Nc2n[nH]c(C(F)F)n2)cc1. The van der Waals surface area contributed by atoms with Gasteiger partial charge in [0, 0.05) is 0 Å². The number of alkyl halides is 2. The predicted molar refractivity (Wildman–Crippen MR) is 74.4 cm³/mol. The number of nitrogens with zero attached hydrogens (tertiary/aromatic N) is 2. The van der Waals surface area contributed by atoms with E-state index in [1.807, 2.05) is 23.7 Å². The molecule has 2 N–H and O–H groups in total. The molecule has 120 valence electrons. The van der Waals surface area contributed by atoms with Gasteiger partial charge in [0.15, 0.2) is 5.82 Å². The molecular formula is C12H14F2N4O3S. The average molecular weight is 332 g/mol. The van der Waals surface area contributed by atoms with E-state index in [4.69, 9.17) is 4.74 Å². The van der Waals surface area contributed by atoms with Crippen LogP contribution >= 0.6 is 0 Å². The minimum Gasteiger partial charge on any atom is -0.491 e. The molecule has 0 amide bonds. The van der Waals surface area contributed by atoms with Crippen LogP contribution in [0, 0.1) is 0 Å². The van der Waals surface area contributed by atoms with E-state index in [-0.39, 0.29) is 11.0 Å². The predicted octanol–water partition coefficient (Wildman–Crippen LogP) is 2.33. The third-order valence-electron chi connectivity index (χ3n) is 2.44. The smallest absolute Gasteiger partial charge is 0.296 e. The maximum atomic E-state index is 12.4. The lowest BCUT2D eigenvalue weighted by molar-refractivity contribution is 0.141. The molecule has 1 aromatic heterocycles. The second kappa shape index (κ2) is 6.26. The minimum absolute atomic E-state index is 0.0402. The molecule has 0 fully saturated rings. The molecule has 2 aromatic rings.